The van der Waals surface area contributed by atoms with Crippen LogP contribution in [0.3, 0.4) is 0 Å². The predicted octanol–water partition coefficient (Wildman–Crippen LogP) is 4.23. The maximum absolute atomic E-state index is 12.2. The van der Waals surface area contributed by atoms with E-state index < -0.39 is 5.63 Å². The molecule has 3 heterocycles. The number of carbonyl (C=O) groups excluding carboxylic acids is 1. The maximum atomic E-state index is 12.2. The molecule has 0 spiro atoms. The van der Waals surface area contributed by atoms with Crippen molar-refractivity contribution in [1.82, 2.24) is 4.98 Å². The minimum Gasteiger partial charge on any atom is -0.422 e. The summed E-state index contributed by atoms with van der Waals surface area (Å²) in [7, 11) is 0. The van der Waals surface area contributed by atoms with Gasteiger partial charge in [-0.1, -0.05) is 24.3 Å². The number of thiazole rings is 1. The summed E-state index contributed by atoms with van der Waals surface area (Å²) < 4.78 is 5.32. The van der Waals surface area contributed by atoms with Crippen LogP contribution < -0.4 is 10.9 Å². The molecule has 118 valence electrons. The zero-order chi connectivity index (χ0) is 16.5. The van der Waals surface area contributed by atoms with Crippen molar-refractivity contribution in [3.63, 3.8) is 0 Å². The molecule has 0 bridgehead atoms. The second-order valence-electron chi connectivity index (χ2n) is 4.95. The highest BCUT2D eigenvalue weighted by Gasteiger charge is 2.14. The van der Waals surface area contributed by atoms with Crippen LogP contribution in [0.15, 0.2) is 62.4 Å². The molecule has 1 aromatic carbocycles. The van der Waals surface area contributed by atoms with Crippen LogP contribution >= 0.6 is 22.7 Å². The van der Waals surface area contributed by atoms with Gasteiger partial charge in [-0.2, -0.15) is 0 Å². The van der Waals surface area contributed by atoms with E-state index in [0.717, 1.165) is 5.39 Å². The number of para-hydroxylation sites is 1. The average Bonchev–Trinajstić information content (AvgIpc) is 3.26. The number of nitrogens with zero attached hydrogens (tertiary/aromatic N) is 1. The second-order valence-corrected chi connectivity index (χ2v) is 6.76. The summed E-state index contributed by atoms with van der Waals surface area (Å²) in [6.45, 7) is 0. The smallest absolute Gasteiger partial charge is 0.345 e. The number of thiophene rings is 1. The minimum absolute atomic E-state index is 0.212. The summed E-state index contributed by atoms with van der Waals surface area (Å²) in [5.41, 5.74) is 0.949. The Balaban J connectivity index is 1.66. The molecule has 0 aliphatic rings. The first-order valence-corrected chi connectivity index (χ1v) is 8.80. The van der Waals surface area contributed by atoms with Crippen molar-refractivity contribution < 1.29 is 9.21 Å². The van der Waals surface area contributed by atoms with E-state index in [1.807, 2.05) is 29.6 Å². The summed E-state index contributed by atoms with van der Waals surface area (Å²) in [4.78, 5) is 29.2. The third-order valence-electron chi connectivity index (χ3n) is 3.39. The van der Waals surface area contributed by atoms with Gasteiger partial charge in [-0.25, -0.2) is 9.78 Å². The van der Waals surface area contributed by atoms with Gasteiger partial charge in [-0.05, 0) is 23.6 Å². The molecular formula is C17H10N2O3S2. The van der Waals surface area contributed by atoms with Gasteiger partial charge < -0.3 is 4.42 Å². The molecule has 7 heteroatoms. The maximum Gasteiger partial charge on any atom is 0.345 e. The number of hydrogen-bond acceptors (Lipinski definition) is 6. The lowest BCUT2D eigenvalue weighted by molar-refractivity contribution is 0.103. The standard InChI is InChI=1S/C17H10N2O3S2/c20-15(14-6-3-7-23-14)19-17-18-12(9-24-17)11-8-10-4-1-2-5-13(10)22-16(11)21/h1-9H,(H,18,19,20). The lowest BCUT2D eigenvalue weighted by Crippen LogP contribution is -2.10. The molecule has 0 unspecified atom stereocenters. The highest BCUT2D eigenvalue weighted by atomic mass is 32.1. The molecule has 4 aromatic rings. The molecule has 1 N–H and O–H groups in total. The first kappa shape index (κ1) is 14.8. The topological polar surface area (TPSA) is 72.2 Å². The number of benzene rings is 1. The van der Waals surface area contributed by atoms with Crippen LogP contribution in [0, 0.1) is 0 Å². The summed E-state index contributed by atoms with van der Waals surface area (Å²) >= 11 is 2.62. The van der Waals surface area contributed by atoms with Gasteiger partial charge in [0, 0.05) is 10.8 Å². The van der Waals surface area contributed by atoms with Crippen molar-refractivity contribution >= 4 is 44.7 Å². The highest BCUT2D eigenvalue weighted by molar-refractivity contribution is 7.14. The van der Waals surface area contributed by atoms with E-state index in [1.54, 1.807) is 23.6 Å². The zero-order valence-corrected chi connectivity index (χ0v) is 13.8. The van der Waals surface area contributed by atoms with Gasteiger partial charge in [0.05, 0.1) is 16.1 Å². The molecule has 24 heavy (non-hydrogen) atoms. The Morgan fingerprint density at radius 2 is 2.00 bits per heavy atom. The van der Waals surface area contributed by atoms with Crippen LogP contribution in [-0.2, 0) is 0 Å². The van der Waals surface area contributed by atoms with Crippen LogP contribution in [0.25, 0.3) is 22.2 Å². The van der Waals surface area contributed by atoms with Crippen molar-refractivity contribution in [1.29, 1.82) is 0 Å². The fourth-order valence-corrected chi connectivity index (χ4v) is 3.59. The quantitative estimate of drug-likeness (QED) is 0.559. The van der Waals surface area contributed by atoms with E-state index in [-0.39, 0.29) is 5.91 Å². The molecule has 4 rings (SSSR count). The summed E-state index contributed by atoms with van der Waals surface area (Å²) in [6, 6.07) is 12.6. The van der Waals surface area contributed by atoms with E-state index in [0.29, 0.717) is 26.8 Å². The summed E-state index contributed by atoms with van der Waals surface area (Å²) in [5, 5.41) is 7.56. The van der Waals surface area contributed by atoms with Gasteiger partial charge >= 0.3 is 5.63 Å². The highest BCUT2D eigenvalue weighted by Crippen LogP contribution is 2.25. The Bertz CT molecular complexity index is 1080. The molecule has 0 radical (unpaired) electrons. The van der Waals surface area contributed by atoms with Crippen LogP contribution in [0.4, 0.5) is 5.13 Å². The molecule has 5 nitrogen and oxygen atoms in total. The number of nitrogens with one attached hydrogen (secondary N) is 1. The number of anilines is 1. The van der Waals surface area contributed by atoms with Crippen LogP contribution in [0.2, 0.25) is 0 Å². The fraction of sp³-hybridized carbons (Fsp3) is 0. The zero-order valence-electron chi connectivity index (χ0n) is 12.2. The van der Waals surface area contributed by atoms with Crippen molar-refractivity contribution in [3.05, 3.63) is 68.5 Å². The predicted molar refractivity (Wildman–Crippen MR) is 95.9 cm³/mol. The first-order chi connectivity index (χ1) is 11.7. The van der Waals surface area contributed by atoms with E-state index >= 15 is 0 Å². The number of rotatable bonds is 3. The van der Waals surface area contributed by atoms with Gasteiger partial charge in [-0.3, -0.25) is 10.1 Å². The molecule has 1 amide bonds. The first-order valence-electron chi connectivity index (χ1n) is 7.04. The SMILES string of the molecule is O=C(Nc1nc(-c2cc3ccccc3oc2=O)cs1)c1cccs1. The second kappa shape index (κ2) is 6.03. The van der Waals surface area contributed by atoms with Crippen LogP contribution in [-0.4, -0.2) is 10.9 Å². The molecule has 0 saturated carbocycles. The van der Waals surface area contributed by atoms with E-state index in [2.05, 4.69) is 10.3 Å². The molecule has 0 aliphatic heterocycles. The Kier molecular flexibility index (Phi) is 3.72. The third-order valence-corrected chi connectivity index (χ3v) is 5.01. The third kappa shape index (κ3) is 2.75. The van der Waals surface area contributed by atoms with E-state index in [9.17, 15) is 9.59 Å². The Hall–Kier alpha value is -2.77. The van der Waals surface area contributed by atoms with Crippen molar-refractivity contribution in [2.24, 2.45) is 0 Å². The minimum atomic E-state index is -0.449. The molecule has 0 saturated heterocycles. The molecule has 0 fully saturated rings. The number of fused-ring (bicyclic) bond motifs is 1. The Morgan fingerprint density at radius 1 is 1.12 bits per heavy atom. The Labute approximate surface area is 144 Å². The van der Waals surface area contributed by atoms with Gasteiger partial charge in [0.2, 0.25) is 0 Å². The fourth-order valence-electron chi connectivity index (χ4n) is 2.26. The van der Waals surface area contributed by atoms with E-state index in [4.69, 9.17) is 4.42 Å². The number of amides is 1. The molecule has 3 aromatic heterocycles. The molecule has 0 aliphatic carbocycles. The van der Waals surface area contributed by atoms with Gasteiger partial charge in [0.15, 0.2) is 5.13 Å². The van der Waals surface area contributed by atoms with Gasteiger partial charge in [0.1, 0.15) is 5.58 Å². The summed E-state index contributed by atoms with van der Waals surface area (Å²) in [6.07, 6.45) is 0. The van der Waals surface area contributed by atoms with Crippen molar-refractivity contribution in [2.75, 3.05) is 5.32 Å². The van der Waals surface area contributed by atoms with E-state index in [1.165, 1.54) is 22.7 Å². The van der Waals surface area contributed by atoms with Gasteiger partial charge in [-0.15, -0.1) is 22.7 Å². The number of hydrogen-bond donors (Lipinski definition) is 1. The van der Waals surface area contributed by atoms with Crippen LogP contribution in [0.5, 0.6) is 0 Å². The Morgan fingerprint density at radius 3 is 2.83 bits per heavy atom. The van der Waals surface area contributed by atoms with Crippen LogP contribution in [0.1, 0.15) is 9.67 Å². The van der Waals surface area contributed by atoms with Gasteiger partial charge in [0.25, 0.3) is 5.91 Å². The number of carbonyl (C=O) groups is 1. The summed E-state index contributed by atoms with van der Waals surface area (Å²) in [5.74, 6) is -0.212. The average molecular weight is 354 g/mol. The monoisotopic (exact) mass is 354 g/mol. The van der Waals surface area contributed by atoms with Crippen molar-refractivity contribution in [2.45, 2.75) is 0 Å². The lowest BCUT2D eigenvalue weighted by atomic mass is 10.1. The lowest BCUT2D eigenvalue weighted by Gasteiger charge is -2.00. The number of aromatic nitrogens is 1. The normalized spacial score (nSPS) is 10.8. The van der Waals surface area contributed by atoms with Crippen molar-refractivity contribution in [3.8, 4) is 11.3 Å². The molecular weight excluding hydrogens is 344 g/mol. The molecule has 0 atom stereocenters. The largest absolute Gasteiger partial charge is 0.422 e.